The number of aromatic nitrogens is 3. The Labute approximate surface area is 185 Å². The fourth-order valence-electron chi connectivity index (χ4n) is 3.46. The van der Waals surface area contributed by atoms with E-state index in [9.17, 15) is 4.79 Å². The van der Waals surface area contributed by atoms with E-state index in [1.54, 1.807) is 25.1 Å². The minimum atomic E-state index is -0.726. The van der Waals surface area contributed by atoms with Crippen LogP contribution >= 0.6 is 23.2 Å². The number of hydrogen-bond acceptors (Lipinski definition) is 4. The van der Waals surface area contributed by atoms with E-state index in [-0.39, 0.29) is 5.91 Å². The SMILES string of the molecule is C[C@@H](Oc1ccc(Cl)cc1Cl)C(=O)Nc1ccc(-c2nnc3n2CCCCC3)cc1. The highest BCUT2D eigenvalue weighted by Crippen LogP contribution is 2.29. The molecule has 8 heteroatoms. The van der Waals surface area contributed by atoms with E-state index in [1.807, 2.05) is 24.3 Å². The van der Waals surface area contributed by atoms with E-state index in [2.05, 4.69) is 20.1 Å². The van der Waals surface area contributed by atoms with E-state index in [0.717, 1.165) is 43.0 Å². The lowest BCUT2D eigenvalue weighted by molar-refractivity contribution is -0.122. The standard InChI is InChI=1S/C22H22Cl2N4O2/c1-14(30-19-11-8-16(23)13-18(19)24)22(29)25-17-9-6-15(7-10-17)21-27-26-20-5-3-2-4-12-28(20)21/h6-11,13-14H,2-5,12H2,1H3,(H,25,29)/t14-/m1/s1. The molecular formula is C22H22Cl2N4O2. The number of carbonyl (C=O) groups excluding carboxylic acids is 1. The number of fused-ring (bicyclic) bond motifs is 1. The van der Waals surface area contributed by atoms with Crippen LogP contribution in [0.15, 0.2) is 42.5 Å². The molecule has 0 fully saturated rings. The highest BCUT2D eigenvalue weighted by Gasteiger charge is 2.18. The number of hydrogen-bond donors (Lipinski definition) is 1. The molecular weight excluding hydrogens is 423 g/mol. The zero-order valence-corrected chi connectivity index (χ0v) is 18.1. The normalized spacial score (nSPS) is 14.5. The van der Waals surface area contributed by atoms with E-state index < -0.39 is 6.10 Å². The predicted molar refractivity (Wildman–Crippen MR) is 118 cm³/mol. The molecule has 3 aromatic rings. The second kappa shape index (κ2) is 9.06. The molecule has 1 amide bonds. The first-order valence-electron chi connectivity index (χ1n) is 9.96. The first-order valence-corrected chi connectivity index (χ1v) is 10.7. The Bertz CT molecular complexity index is 1050. The molecule has 0 saturated heterocycles. The molecule has 30 heavy (non-hydrogen) atoms. The van der Waals surface area contributed by atoms with E-state index >= 15 is 0 Å². The van der Waals surface area contributed by atoms with Crippen LogP contribution in [0, 0.1) is 0 Å². The number of nitrogens with one attached hydrogen (secondary N) is 1. The van der Waals surface area contributed by atoms with Crippen molar-refractivity contribution < 1.29 is 9.53 Å². The first-order chi connectivity index (χ1) is 14.5. The molecule has 0 saturated carbocycles. The number of rotatable bonds is 5. The van der Waals surface area contributed by atoms with Gasteiger partial charge in [-0.2, -0.15) is 0 Å². The number of carbonyl (C=O) groups is 1. The van der Waals surface area contributed by atoms with Crippen LogP contribution in [-0.2, 0) is 17.8 Å². The lowest BCUT2D eigenvalue weighted by Crippen LogP contribution is -2.30. The molecule has 4 rings (SSSR count). The summed E-state index contributed by atoms with van der Waals surface area (Å²) in [7, 11) is 0. The number of halogens is 2. The van der Waals surface area contributed by atoms with Crippen LogP contribution < -0.4 is 10.1 Å². The smallest absolute Gasteiger partial charge is 0.265 e. The van der Waals surface area contributed by atoms with Crippen LogP contribution in [0.25, 0.3) is 11.4 Å². The van der Waals surface area contributed by atoms with Crippen LogP contribution in [-0.4, -0.2) is 26.8 Å². The van der Waals surface area contributed by atoms with E-state index in [1.165, 1.54) is 6.42 Å². The molecule has 0 aliphatic carbocycles. The average molecular weight is 445 g/mol. The van der Waals surface area contributed by atoms with Gasteiger partial charge in [0.25, 0.3) is 5.91 Å². The van der Waals surface area contributed by atoms with Gasteiger partial charge in [0.15, 0.2) is 11.9 Å². The fourth-order valence-corrected chi connectivity index (χ4v) is 3.91. The topological polar surface area (TPSA) is 69.0 Å². The van der Waals surface area contributed by atoms with Crippen LogP contribution in [0.1, 0.15) is 32.0 Å². The molecule has 1 N–H and O–H groups in total. The average Bonchev–Trinajstić information content (AvgIpc) is 2.98. The number of benzene rings is 2. The molecule has 0 radical (unpaired) electrons. The van der Waals surface area contributed by atoms with Crippen molar-refractivity contribution in [2.24, 2.45) is 0 Å². The second-order valence-electron chi connectivity index (χ2n) is 7.30. The Balaban J connectivity index is 1.42. The minimum absolute atomic E-state index is 0.273. The van der Waals surface area contributed by atoms with Gasteiger partial charge in [0.05, 0.1) is 5.02 Å². The Hall–Kier alpha value is -2.57. The highest BCUT2D eigenvalue weighted by molar-refractivity contribution is 6.35. The summed E-state index contributed by atoms with van der Waals surface area (Å²) in [6.07, 6.45) is 3.76. The molecule has 1 aromatic heterocycles. The molecule has 1 atom stereocenters. The molecule has 0 unspecified atom stereocenters. The summed E-state index contributed by atoms with van der Waals surface area (Å²) < 4.78 is 7.87. The van der Waals surface area contributed by atoms with Crippen molar-refractivity contribution in [2.75, 3.05) is 5.32 Å². The molecule has 2 heterocycles. The maximum Gasteiger partial charge on any atom is 0.265 e. The Kier molecular flexibility index (Phi) is 6.25. The van der Waals surface area contributed by atoms with Crippen molar-refractivity contribution in [1.82, 2.24) is 14.8 Å². The van der Waals surface area contributed by atoms with Crippen LogP contribution in [0.4, 0.5) is 5.69 Å². The summed E-state index contributed by atoms with van der Waals surface area (Å²) in [5.74, 6) is 2.06. The Morgan fingerprint density at radius 2 is 1.90 bits per heavy atom. The molecule has 1 aliphatic heterocycles. The van der Waals surface area contributed by atoms with Gasteiger partial charge in [-0.25, -0.2) is 0 Å². The van der Waals surface area contributed by atoms with E-state index in [4.69, 9.17) is 27.9 Å². The van der Waals surface area contributed by atoms with Gasteiger partial charge >= 0.3 is 0 Å². The third kappa shape index (κ3) is 4.60. The van der Waals surface area contributed by atoms with Crippen LogP contribution in [0.3, 0.4) is 0 Å². The van der Waals surface area contributed by atoms with Gasteiger partial charge in [-0.15, -0.1) is 10.2 Å². The third-order valence-corrected chi connectivity index (χ3v) is 5.62. The summed E-state index contributed by atoms with van der Waals surface area (Å²) in [6.45, 7) is 2.61. The van der Waals surface area contributed by atoms with Crippen molar-refractivity contribution in [3.05, 3.63) is 58.3 Å². The van der Waals surface area contributed by atoms with Gasteiger partial charge in [0, 0.05) is 29.2 Å². The Morgan fingerprint density at radius 1 is 1.10 bits per heavy atom. The molecule has 156 valence electrons. The lowest BCUT2D eigenvalue weighted by Gasteiger charge is -2.16. The lowest BCUT2D eigenvalue weighted by atomic mass is 10.2. The second-order valence-corrected chi connectivity index (χ2v) is 8.15. The molecule has 0 bridgehead atoms. The molecule has 6 nitrogen and oxygen atoms in total. The highest BCUT2D eigenvalue weighted by atomic mass is 35.5. The zero-order valence-electron chi connectivity index (χ0n) is 16.6. The number of ether oxygens (including phenoxy) is 1. The minimum Gasteiger partial charge on any atom is -0.479 e. The third-order valence-electron chi connectivity index (χ3n) is 5.09. The van der Waals surface area contributed by atoms with Gasteiger partial charge in [-0.1, -0.05) is 29.6 Å². The molecule has 2 aromatic carbocycles. The first kappa shape index (κ1) is 20.7. The fraction of sp³-hybridized carbons (Fsp3) is 0.318. The molecule has 0 spiro atoms. The van der Waals surface area contributed by atoms with Gasteiger partial charge < -0.3 is 14.6 Å². The molecule has 1 aliphatic rings. The van der Waals surface area contributed by atoms with Gasteiger partial charge in [-0.05, 0) is 62.2 Å². The summed E-state index contributed by atoms with van der Waals surface area (Å²) in [6, 6.07) is 12.5. The van der Waals surface area contributed by atoms with Crippen LogP contribution in [0.5, 0.6) is 5.75 Å². The van der Waals surface area contributed by atoms with E-state index in [0.29, 0.717) is 21.5 Å². The predicted octanol–water partition coefficient (Wildman–Crippen LogP) is 5.38. The van der Waals surface area contributed by atoms with Gasteiger partial charge in [-0.3, -0.25) is 4.79 Å². The summed E-state index contributed by atoms with van der Waals surface area (Å²) in [5, 5.41) is 12.5. The summed E-state index contributed by atoms with van der Waals surface area (Å²) in [5.41, 5.74) is 1.66. The quantitative estimate of drug-likeness (QED) is 0.572. The van der Waals surface area contributed by atoms with Crippen molar-refractivity contribution in [3.63, 3.8) is 0 Å². The number of aryl methyl sites for hydroxylation is 1. The van der Waals surface area contributed by atoms with Crippen molar-refractivity contribution in [1.29, 1.82) is 0 Å². The maximum absolute atomic E-state index is 12.5. The number of nitrogens with zero attached hydrogens (tertiary/aromatic N) is 3. The summed E-state index contributed by atoms with van der Waals surface area (Å²) in [4.78, 5) is 12.5. The number of amides is 1. The van der Waals surface area contributed by atoms with Gasteiger partial charge in [0.1, 0.15) is 11.6 Å². The van der Waals surface area contributed by atoms with Crippen molar-refractivity contribution >= 4 is 34.8 Å². The zero-order chi connectivity index (χ0) is 21.1. The largest absolute Gasteiger partial charge is 0.479 e. The summed E-state index contributed by atoms with van der Waals surface area (Å²) >= 11 is 12.0. The van der Waals surface area contributed by atoms with Crippen molar-refractivity contribution in [2.45, 2.75) is 45.3 Å². The maximum atomic E-state index is 12.5. The Morgan fingerprint density at radius 3 is 2.67 bits per heavy atom. The van der Waals surface area contributed by atoms with Gasteiger partial charge in [0.2, 0.25) is 0 Å². The van der Waals surface area contributed by atoms with Crippen LogP contribution in [0.2, 0.25) is 10.0 Å². The van der Waals surface area contributed by atoms with Crippen molar-refractivity contribution in [3.8, 4) is 17.1 Å². The number of anilines is 1. The monoisotopic (exact) mass is 444 g/mol.